The minimum Gasteiger partial charge on any atom is -0.338 e. The predicted octanol–water partition coefficient (Wildman–Crippen LogP) is 1.95. The number of aryl methyl sites for hydroxylation is 1. The van der Waals surface area contributed by atoms with Crippen LogP contribution in [0.25, 0.3) is 0 Å². The summed E-state index contributed by atoms with van der Waals surface area (Å²) in [5.74, 6) is 0.498. The van der Waals surface area contributed by atoms with Crippen LogP contribution in [0.1, 0.15) is 38.8 Å². The summed E-state index contributed by atoms with van der Waals surface area (Å²) in [5.41, 5.74) is 1.48. The third-order valence-corrected chi connectivity index (χ3v) is 3.38. The Bertz CT molecular complexity index is 505. The molecule has 19 heavy (non-hydrogen) atoms. The molecule has 0 aromatic heterocycles. The molecule has 1 heterocycles. The highest BCUT2D eigenvalue weighted by atomic mass is 16.2. The van der Waals surface area contributed by atoms with Crippen molar-refractivity contribution in [1.82, 2.24) is 10.6 Å². The predicted molar refractivity (Wildman–Crippen MR) is 77.0 cm³/mol. The Morgan fingerprint density at radius 3 is 2.42 bits per heavy atom. The standard InChI is InChI=1S/C15H21N3O/c1-5-11-6-8-12(9-7-11)15(4)13(19)17-14(18-15)16-10(2)3/h6-10H,5H2,1-4H3,(H2,16,17,18,19). The van der Waals surface area contributed by atoms with Gasteiger partial charge in [-0.1, -0.05) is 31.2 Å². The molecule has 1 aromatic rings. The minimum atomic E-state index is -0.736. The van der Waals surface area contributed by atoms with Crippen molar-refractivity contribution in [1.29, 1.82) is 0 Å². The normalized spacial score (nSPS) is 24.7. The van der Waals surface area contributed by atoms with Crippen LogP contribution in [-0.2, 0) is 16.8 Å². The maximum Gasteiger partial charge on any atom is 0.256 e. The molecule has 2 N–H and O–H groups in total. The Hall–Kier alpha value is -1.84. The fourth-order valence-corrected chi connectivity index (χ4v) is 2.16. The number of carbonyl (C=O) groups excluding carboxylic acids is 1. The molecule has 1 aliphatic rings. The number of nitrogens with zero attached hydrogens (tertiary/aromatic N) is 1. The molecular weight excluding hydrogens is 238 g/mol. The Morgan fingerprint density at radius 2 is 1.89 bits per heavy atom. The van der Waals surface area contributed by atoms with Gasteiger partial charge in [0.25, 0.3) is 5.91 Å². The lowest BCUT2D eigenvalue weighted by Gasteiger charge is -2.22. The molecule has 0 spiro atoms. The van der Waals surface area contributed by atoms with Gasteiger partial charge in [0.1, 0.15) is 5.54 Å². The smallest absolute Gasteiger partial charge is 0.256 e. The van der Waals surface area contributed by atoms with Gasteiger partial charge in [-0.3, -0.25) is 15.1 Å². The number of amides is 1. The van der Waals surface area contributed by atoms with E-state index in [9.17, 15) is 4.79 Å². The van der Waals surface area contributed by atoms with Gasteiger partial charge in [0, 0.05) is 6.04 Å². The number of hydrogen-bond donors (Lipinski definition) is 2. The summed E-state index contributed by atoms with van der Waals surface area (Å²) in [6, 6.07) is 8.28. The number of benzene rings is 1. The highest BCUT2D eigenvalue weighted by Crippen LogP contribution is 2.24. The maximum atomic E-state index is 12.2. The molecule has 2 rings (SSSR count). The molecule has 1 saturated heterocycles. The van der Waals surface area contributed by atoms with Crippen LogP contribution < -0.4 is 10.6 Å². The number of carbonyl (C=O) groups is 1. The summed E-state index contributed by atoms with van der Waals surface area (Å²) in [4.78, 5) is 16.5. The van der Waals surface area contributed by atoms with Gasteiger partial charge in [0.05, 0.1) is 0 Å². The largest absolute Gasteiger partial charge is 0.338 e. The average Bonchev–Trinajstić information content (AvgIpc) is 2.65. The van der Waals surface area contributed by atoms with E-state index in [1.807, 2.05) is 32.9 Å². The summed E-state index contributed by atoms with van der Waals surface area (Å²) in [7, 11) is 0. The third-order valence-electron chi connectivity index (χ3n) is 3.38. The van der Waals surface area contributed by atoms with E-state index in [1.54, 1.807) is 0 Å². The van der Waals surface area contributed by atoms with Crippen molar-refractivity contribution in [3.63, 3.8) is 0 Å². The van der Waals surface area contributed by atoms with Gasteiger partial charge in [0.15, 0.2) is 5.96 Å². The number of guanidine groups is 1. The molecular formula is C15H21N3O. The average molecular weight is 259 g/mol. The molecule has 1 fully saturated rings. The van der Waals surface area contributed by atoms with E-state index in [4.69, 9.17) is 0 Å². The second-order valence-electron chi connectivity index (χ2n) is 5.33. The zero-order valence-electron chi connectivity index (χ0n) is 11.9. The van der Waals surface area contributed by atoms with Crippen molar-refractivity contribution in [2.45, 2.75) is 45.7 Å². The zero-order chi connectivity index (χ0) is 14.0. The quantitative estimate of drug-likeness (QED) is 0.871. The third kappa shape index (κ3) is 2.62. The molecule has 0 radical (unpaired) electrons. The van der Waals surface area contributed by atoms with Crippen LogP contribution in [0.4, 0.5) is 0 Å². The van der Waals surface area contributed by atoms with Crippen molar-refractivity contribution in [3.05, 3.63) is 35.4 Å². The van der Waals surface area contributed by atoms with Crippen molar-refractivity contribution >= 4 is 11.9 Å². The highest BCUT2D eigenvalue weighted by molar-refractivity contribution is 6.09. The molecule has 1 unspecified atom stereocenters. The molecule has 0 bridgehead atoms. The zero-order valence-corrected chi connectivity index (χ0v) is 11.9. The van der Waals surface area contributed by atoms with Crippen LogP contribution in [0.2, 0.25) is 0 Å². The summed E-state index contributed by atoms with van der Waals surface area (Å²) < 4.78 is 0. The Kier molecular flexibility index (Phi) is 3.60. The number of rotatable bonds is 3. The number of nitrogens with one attached hydrogen (secondary N) is 2. The van der Waals surface area contributed by atoms with E-state index in [0.717, 1.165) is 12.0 Å². The van der Waals surface area contributed by atoms with Crippen LogP contribution in [0.15, 0.2) is 29.3 Å². The molecule has 0 aliphatic carbocycles. The SMILES string of the molecule is CCc1ccc(C2(C)NC(=NC(C)C)NC2=O)cc1. The van der Waals surface area contributed by atoms with Crippen LogP contribution >= 0.6 is 0 Å². The fraction of sp³-hybridized carbons (Fsp3) is 0.467. The van der Waals surface area contributed by atoms with Gasteiger partial charge in [-0.15, -0.1) is 0 Å². The summed E-state index contributed by atoms with van der Waals surface area (Å²) in [6.45, 7) is 7.95. The second-order valence-corrected chi connectivity index (χ2v) is 5.33. The second kappa shape index (κ2) is 5.03. The Balaban J connectivity index is 2.29. The molecule has 1 amide bonds. The first-order valence-electron chi connectivity index (χ1n) is 6.72. The van der Waals surface area contributed by atoms with Crippen molar-refractivity contribution in [2.75, 3.05) is 0 Å². The van der Waals surface area contributed by atoms with E-state index in [2.05, 4.69) is 34.7 Å². The van der Waals surface area contributed by atoms with Crippen molar-refractivity contribution < 1.29 is 4.79 Å². The van der Waals surface area contributed by atoms with Gasteiger partial charge in [-0.2, -0.15) is 0 Å². The molecule has 4 nitrogen and oxygen atoms in total. The maximum absolute atomic E-state index is 12.2. The molecule has 0 saturated carbocycles. The summed E-state index contributed by atoms with van der Waals surface area (Å²) in [5, 5.41) is 5.99. The Morgan fingerprint density at radius 1 is 1.26 bits per heavy atom. The van der Waals surface area contributed by atoms with E-state index in [-0.39, 0.29) is 11.9 Å². The molecule has 102 valence electrons. The molecule has 1 aromatic carbocycles. The summed E-state index contributed by atoms with van der Waals surface area (Å²) >= 11 is 0. The lowest BCUT2D eigenvalue weighted by molar-refractivity contribution is -0.123. The minimum absolute atomic E-state index is 0.0591. The van der Waals surface area contributed by atoms with Crippen LogP contribution in [0, 0.1) is 0 Å². The molecule has 1 aliphatic heterocycles. The van der Waals surface area contributed by atoms with E-state index < -0.39 is 5.54 Å². The molecule has 1 atom stereocenters. The topological polar surface area (TPSA) is 53.5 Å². The number of hydrogen-bond acceptors (Lipinski definition) is 2. The van der Waals surface area contributed by atoms with Gasteiger partial charge in [0.2, 0.25) is 0 Å². The van der Waals surface area contributed by atoms with E-state index >= 15 is 0 Å². The van der Waals surface area contributed by atoms with Gasteiger partial charge in [-0.05, 0) is 38.3 Å². The van der Waals surface area contributed by atoms with Gasteiger partial charge in [-0.25, -0.2) is 0 Å². The van der Waals surface area contributed by atoms with Gasteiger partial charge >= 0.3 is 0 Å². The lowest BCUT2D eigenvalue weighted by Crippen LogP contribution is -2.40. The first kappa shape index (κ1) is 13.6. The van der Waals surface area contributed by atoms with E-state index in [1.165, 1.54) is 5.56 Å². The highest BCUT2D eigenvalue weighted by Gasteiger charge is 2.42. The first-order chi connectivity index (χ1) is 8.95. The Labute approximate surface area is 114 Å². The van der Waals surface area contributed by atoms with Crippen LogP contribution in [-0.4, -0.2) is 17.9 Å². The van der Waals surface area contributed by atoms with Crippen molar-refractivity contribution in [3.8, 4) is 0 Å². The van der Waals surface area contributed by atoms with Crippen LogP contribution in [0.5, 0.6) is 0 Å². The van der Waals surface area contributed by atoms with Crippen molar-refractivity contribution in [2.24, 2.45) is 4.99 Å². The summed E-state index contributed by atoms with van der Waals surface area (Å²) in [6.07, 6.45) is 0.997. The number of aliphatic imine (C=N–C) groups is 1. The molecule has 4 heteroatoms. The monoisotopic (exact) mass is 259 g/mol. The first-order valence-corrected chi connectivity index (χ1v) is 6.72. The fourth-order valence-electron chi connectivity index (χ4n) is 2.16. The van der Waals surface area contributed by atoms with Crippen LogP contribution in [0.3, 0.4) is 0 Å². The van der Waals surface area contributed by atoms with E-state index in [0.29, 0.717) is 5.96 Å². The lowest BCUT2D eigenvalue weighted by atomic mass is 9.91. The van der Waals surface area contributed by atoms with Gasteiger partial charge < -0.3 is 5.32 Å².